The van der Waals surface area contributed by atoms with Gasteiger partial charge in [0.05, 0.1) is 0 Å². The molecule has 1 aliphatic heterocycles. The summed E-state index contributed by atoms with van der Waals surface area (Å²) in [4.78, 5) is 4.05. The van der Waals surface area contributed by atoms with E-state index < -0.39 is 0 Å². The van der Waals surface area contributed by atoms with Gasteiger partial charge in [-0.2, -0.15) is 0 Å². The van der Waals surface area contributed by atoms with Crippen LogP contribution in [-0.2, 0) is 0 Å². The van der Waals surface area contributed by atoms with E-state index in [0.29, 0.717) is 0 Å². The van der Waals surface area contributed by atoms with E-state index in [0.717, 1.165) is 0 Å². The van der Waals surface area contributed by atoms with Gasteiger partial charge in [-0.25, -0.2) is 0 Å². The Morgan fingerprint density at radius 2 is 1.53 bits per heavy atom. The van der Waals surface area contributed by atoms with Crippen molar-refractivity contribution in [2.75, 3.05) is 0 Å². The van der Waals surface area contributed by atoms with Crippen LogP contribution in [0.25, 0.3) is 4.91 Å². The zero-order chi connectivity index (χ0) is 11.7. The molecule has 0 amide bonds. The maximum atomic E-state index is 2.25. The lowest BCUT2D eigenvalue weighted by atomic mass is 10.1. The van der Waals surface area contributed by atoms with Crippen molar-refractivity contribution in [2.24, 2.45) is 0 Å². The third kappa shape index (κ3) is 2.28. The molecular weight excluding hydrogens is 244 g/mol. The molecule has 0 saturated heterocycles. The molecule has 0 aromatic heterocycles. The zero-order valence-corrected chi connectivity index (χ0v) is 11.1. The van der Waals surface area contributed by atoms with Crippen LogP contribution in [0.4, 0.5) is 0 Å². The standard InChI is InChI=1S/C15H12S2/c1-11-6-8-12(9-7-11)15-10-16-13-4-2-3-5-14(13)17-15/h2-10H,1H3. The normalized spacial score (nSPS) is 14.1. The van der Waals surface area contributed by atoms with Crippen molar-refractivity contribution in [1.82, 2.24) is 0 Å². The third-order valence-electron chi connectivity index (χ3n) is 2.70. The molecule has 2 heteroatoms. The first kappa shape index (κ1) is 11.0. The Hall–Kier alpha value is -1.12. The highest BCUT2D eigenvalue weighted by Gasteiger charge is 2.12. The van der Waals surface area contributed by atoms with E-state index in [1.54, 1.807) is 0 Å². The van der Waals surface area contributed by atoms with Crippen LogP contribution in [0.1, 0.15) is 11.1 Å². The van der Waals surface area contributed by atoms with Gasteiger partial charge in [-0.3, -0.25) is 0 Å². The van der Waals surface area contributed by atoms with Crippen molar-refractivity contribution < 1.29 is 0 Å². The lowest BCUT2D eigenvalue weighted by Gasteiger charge is -2.15. The Bertz CT molecular complexity index is 568. The van der Waals surface area contributed by atoms with Crippen molar-refractivity contribution in [3.05, 3.63) is 65.1 Å². The summed E-state index contributed by atoms with van der Waals surface area (Å²) >= 11 is 3.67. The number of benzene rings is 2. The Morgan fingerprint density at radius 1 is 0.824 bits per heavy atom. The van der Waals surface area contributed by atoms with Crippen LogP contribution >= 0.6 is 23.5 Å². The summed E-state index contributed by atoms with van der Waals surface area (Å²) in [6.07, 6.45) is 0. The molecule has 0 atom stereocenters. The highest BCUT2D eigenvalue weighted by molar-refractivity contribution is 8.12. The van der Waals surface area contributed by atoms with Crippen molar-refractivity contribution >= 4 is 28.4 Å². The van der Waals surface area contributed by atoms with E-state index in [1.807, 2.05) is 23.5 Å². The Labute approximate surface area is 110 Å². The Morgan fingerprint density at radius 3 is 2.29 bits per heavy atom. The van der Waals surface area contributed by atoms with Gasteiger partial charge in [0.1, 0.15) is 0 Å². The van der Waals surface area contributed by atoms with Gasteiger partial charge < -0.3 is 0 Å². The van der Waals surface area contributed by atoms with Gasteiger partial charge in [0, 0.05) is 14.7 Å². The minimum Gasteiger partial charge on any atom is -0.0957 e. The number of thioether (sulfide) groups is 2. The number of hydrogen-bond donors (Lipinski definition) is 0. The molecule has 3 rings (SSSR count). The van der Waals surface area contributed by atoms with Gasteiger partial charge in [0.15, 0.2) is 0 Å². The third-order valence-corrected chi connectivity index (χ3v) is 5.09. The van der Waals surface area contributed by atoms with E-state index >= 15 is 0 Å². The molecule has 0 aliphatic carbocycles. The molecule has 0 unspecified atom stereocenters. The molecule has 0 N–H and O–H groups in total. The molecule has 2 aromatic carbocycles. The predicted octanol–water partition coefficient (Wildman–Crippen LogP) is 5.19. The number of aryl methyl sites for hydroxylation is 1. The zero-order valence-electron chi connectivity index (χ0n) is 9.51. The van der Waals surface area contributed by atoms with Gasteiger partial charge in [0.25, 0.3) is 0 Å². The summed E-state index contributed by atoms with van der Waals surface area (Å²) in [6, 6.07) is 17.3. The lowest BCUT2D eigenvalue weighted by Crippen LogP contribution is -1.86. The van der Waals surface area contributed by atoms with Gasteiger partial charge in [-0.15, -0.1) is 0 Å². The minimum absolute atomic E-state index is 1.31. The van der Waals surface area contributed by atoms with Gasteiger partial charge >= 0.3 is 0 Å². The SMILES string of the molecule is Cc1ccc(C2=CSc3ccccc3S2)cc1. The van der Waals surface area contributed by atoms with Crippen LogP contribution in [0.15, 0.2) is 63.7 Å². The maximum Gasteiger partial charge on any atom is 0.0262 e. The molecule has 0 saturated carbocycles. The second kappa shape index (κ2) is 4.63. The molecule has 0 fully saturated rings. The first-order chi connectivity index (χ1) is 8.33. The summed E-state index contributed by atoms with van der Waals surface area (Å²) in [7, 11) is 0. The monoisotopic (exact) mass is 256 g/mol. The Balaban J connectivity index is 1.93. The molecule has 17 heavy (non-hydrogen) atoms. The lowest BCUT2D eigenvalue weighted by molar-refractivity contribution is 1.26. The molecule has 0 bridgehead atoms. The largest absolute Gasteiger partial charge is 0.0957 e. The highest BCUT2D eigenvalue weighted by Crippen LogP contribution is 2.46. The predicted molar refractivity (Wildman–Crippen MR) is 77.3 cm³/mol. The average Bonchev–Trinajstić information content (AvgIpc) is 2.39. The van der Waals surface area contributed by atoms with Crippen molar-refractivity contribution in [2.45, 2.75) is 16.7 Å². The van der Waals surface area contributed by atoms with E-state index in [2.05, 4.69) is 60.9 Å². The van der Waals surface area contributed by atoms with Crippen LogP contribution in [0.5, 0.6) is 0 Å². The van der Waals surface area contributed by atoms with Crippen LogP contribution in [0, 0.1) is 6.92 Å². The van der Waals surface area contributed by atoms with Crippen molar-refractivity contribution in [1.29, 1.82) is 0 Å². The van der Waals surface area contributed by atoms with Crippen molar-refractivity contribution in [3.8, 4) is 0 Å². The smallest absolute Gasteiger partial charge is 0.0262 e. The topological polar surface area (TPSA) is 0 Å². The average molecular weight is 256 g/mol. The van der Waals surface area contributed by atoms with Gasteiger partial charge in [-0.05, 0) is 30.0 Å². The molecule has 0 spiro atoms. The Kier molecular flexibility index (Phi) is 3.00. The number of rotatable bonds is 1. The van der Waals surface area contributed by atoms with Gasteiger partial charge in [-0.1, -0.05) is 65.5 Å². The summed E-state index contributed by atoms with van der Waals surface area (Å²) in [5.41, 5.74) is 2.62. The van der Waals surface area contributed by atoms with E-state index in [-0.39, 0.29) is 0 Å². The first-order valence-corrected chi connectivity index (χ1v) is 7.23. The van der Waals surface area contributed by atoms with E-state index in [4.69, 9.17) is 0 Å². The van der Waals surface area contributed by atoms with Crippen LogP contribution in [0.3, 0.4) is 0 Å². The van der Waals surface area contributed by atoms with Crippen molar-refractivity contribution in [3.63, 3.8) is 0 Å². The summed E-state index contributed by atoms with van der Waals surface area (Å²) in [6.45, 7) is 2.12. The molecule has 0 radical (unpaired) electrons. The summed E-state index contributed by atoms with van der Waals surface area (Å²) < 4.78 is 0. The molecule has 2 aromatic rings. The molecule has 84 valence electrons. The molecule has 1 aliphatic rings. The fourth-order valence-electron chi connectivity index (χ4n) is 1.74. The van der Waals surface area contributed by atoms with Crippen LogP contribution in [-0.4, -0.2) is 0 Å². The van der Waals surface area contributed by atoms with Crippen LogP contribution < -0.4 is 0 Å². The second-order valence-corrected chi connectivity index (χ2v) is 6.01. The minimum atomic E-state index is 1.31. The first-order valence-electron chi connectivity index (χ1n) is 5.54. The highest BCUT2D eigenvalue weighted by atomic mass is 32.2. The second-order valence-electron chi connectivity index (χ2n) is 4.01. The van der Waals surface area contributed by atoms with Crippen LogP contribution in [0.2, 0.25) is 0 Å². The summed E-state index contributed by atoms with van der Waals surface area (Å²) in [5, 5.41) is 2.25. The quantitative estimate of drug-likeness (QED) is 0.688. The van der Waals surface area contributed by atoms with E-state index in [9.17, 15) is 0 Å². The fraction of sp³-hybridized carbons (Fsp3) is 0.0667. The van der Waals surface area contributed by atoms with Gasteiger partial charge in [0.2, 0.25) is 0 Å². The fourth-order valence-corrected chi connectivity index (χ4v) is 3.86. The summed E-state index contributed by atoms with van der Waals surface area (Å²) in [5.74, 6) is 0. The number of hydrogen-bond acceptors (Lipinski definition) is 2. The van der Waals surface area contributed by atoms with E-state index in [1.165, 1.54) is 25.8 Å². The molecule has 0 nitrogen and oxygen atoms in total. The molecular formula is C15H12S2. The number of fused-ring (bicyclic) bond motifs is 1. The molecule has 1 heterocycles. The maximum absolute atomic E-state index is 2.25.